The molecule has 8 nitrogen and oxygen atoms in total. The number of rotatable bonds is 2. The van der Waals surface area contributed by atoms with Crippen LogP contribution in [0.2, 0.25) is 0 Å². The van der Waals surface area contributed by atoms with E-state index in [1.54, 1.807) is 0 Å². The van der Waals surface area contributed by atoms with Gasteiger partial charge in [0.15, 0.2) is 11.4 Å². The molecule has 1 N–H and O–H groups in total. The third kappa shape index (κ3) is 5.45. The van der Waals surface area contributed by atoms with Crippen LogP contribution in [-0.4, -0.2) is 44.1 Å². The number of hydrogen-bond acceptors (Lipinski definition) is 7. The lowest BCUT2D eigenvalue weighted by Gasteiger charge is -1.97. The summed E-state index contributed by atoms with van der Waals surface area (Å²) in [7, 11) is 1.31. The molecule has 0 aliphatic heterocycles. The third-order valence-corrected chi connectivity index (χ3v) is 3.47. The molecule has 0 radical (unpaired) electrons. The van der Waals surface area contributed by atoms with Crippen molar-refractivity contribution in [2.24, 2.45) is 0 Å². The molecule has 0 fully saturated rings. The van der Waals surface area contributed by atoms with Gasteiger partial charge in [0, 0.05) is 24.8 Å². The van der Waals surface area contributed by atoms with E-state index in [1.165, 1.54) is 31.9 Å². The Kier molecular flexibility index (Phi) is 7.35. The van der Waals surface area contributed by atoms with Crippen LogP contribution in [0.25, 0.3) is 0 Å². The Bertz CT molecular complexity index is 654. The Morgan fingerprint density at radius 1 is 0.952 bits per heavy atom. The SMILES string of the molecule is COC(=O)c1nccnc1I.O=C(O)c1nccnc1I. The lowest BCUT2D eigenvalue weighted by molar-refractivity contribution is 0.0591. The zero-order valence-electron chi connectivity index (χ0n) is 10.5. The van der Waals surface area contributed by atoms with Gasteiger partial charge in [-0.15, -0.1) is 0 Å². The molecule has 0 saturated heterocycles. The van der Waals surface area contributed by atoms with Gasteiger partial charge < -0.3 is 9.84 Å². The summed E-state index contributed by atoms with van der Waals surface area (Å²) >= 11 is 3.75. The highest BCUT2D eigenvalue weighted by molar-refractivity contribution is 14.1. The topological polar surface area (TPSA) is 115 Å². The molecule has 0 aliphatic rings. The molecule has 0 aromatic carbocycles. The maximum Gasteiger partial charge on any atom is 0.359 e. The standard InChI is InChI=1S/C6H5IN2O2.C5H3IN2O2/c1-11-6(10)4-5(7)9-3-2-8-4;6-4-3(5(9)10)7-1-2-8-4/h2-3H,1H3;1-2H,(H,9,10). The van der Waals surface area contributed by atoms with Gasteiger partial charge >= 0.3 is 11.9 Å². The predicted molar refractivity (Wildman–Crippen MR) is 87.8 cm³/mol. The normalized spacial score (nSPS) is 9.29. The molecule has 10 heteroatoms. The molecule has 2 rings (SSSR count). The average Bonchev–Trinajstić information content (AvgIpc) is 2.48. The number of methoxy groups -OCH3 is 1. The van der Waals surface area contributed by atoms with E-state index in [-0.39, 0.29) is 11.4 Å². The number of aromatic nitrogens is 4. The summed E-state index contributed by atoms with van der Waals surface area (Å²) in [4.78, 5) is 36.2. The smallest absolute Gasteiger partial charge is 0.359 e. The summed E-state index contributed by atoms with van der Waals surface area (Å²) in [6.07, 6.45) is 5.78. The van der Waals surface area contributed by atoms with Crippen molar-refractivity contribution in [1.29, 1.82) is 0 Å². The second-order valence-electron chi connectivity index (χ2n) is 3.19. The number of carbonyl (C=O) groups is 2. The molecule has 0 unspecified atom stereocenters. The van der Waals surface area contributed by atoms with Crippen molar-refractivity contribution in [2.75, 3.05) is 7.11 Å². The van der Waals surface area contributed by atoms with Crippen LogP contribution in [0.1, 0.15) is 21.0 Å². The van der Waals surface area contributed by atoms with Crippen LogP contribution in [-0.2, 0) is 4.74 Å². The van der Waals surface area contributed by atoms with E-state index in [1.807, 2.05) is 45.2 Å². The number of hydrogen-bond donors (Lipinski definition) is 1. The Balaban J connectivity index is 0.000000211. The average molecular weight is 514 g/mol. The minimum absolute atomic E-state index is 0.00287. The van der Waals surface area contributed by atoms with Gasteiger partial charge in [-0.25, -0.2) is 29.5 Å². The van der Waals surface area contributed by atoms with Crippen molar-refractivity contribution in [1.82, 2.24) is 19.9 Å². The van der Waals surface area contributed by atoms with Gasteiger partial charge in [0.25, 0.3) is 0 Å². The van der Waals surface area contributed by atoms with E-state index in [0.717, 1.165) is 0 Å². The van der Waals surface area contributed by atoms with E-state index in [4.69, 9.17) is 5.11 Å². The summed E-state index contributed by atoms with van der Waals surface area (Å²) in [6, 6.07) is 0. The maximum absolute atomic E-state index is 10.9. The van der Waals surface area contributed by atoms with Crippen LogP contribution in [0, 0.1) is 7.40 Å². The number of aromatic carboxylic acids is 1. The number of carboxylic acid groups (broad SMARTS) is 1. The van der Waals surface area contributed by atoms with Gasteiger partial charge in [0.05, 0.1) is 7.11 Å². The zero-order chi connectivity index (χ0) is 15.8. The first kappa shape index (κ1) is 17.6. The molecule has 0 saturated carbocycles. The minimum atomic E-state index is -1.04. The maximum atomic E-state index is 10.9. The summed E-state index contributed by atoms with van der Waals surface area (Å²) in [5.41, 5.74) is 0.263. The van der Waals surface area contributed by atoms with Gasteiger partial charge in [-0.2, -0.15) is 0 Å². The van der Waals surface area contributed by atoms with Crippen molar-refractivity contribution in [2.45, 2.75) is 0 Å². The number of esters is 1. The molecule has 2 aromatic rings. The summed E-state index contributed by atoms with van der Waals surface area (Å²) < 4.78 is 5.43. The van der Waals surface area contributed by atoms with Crippen molar-refractivity contribution in [3.05, 3.63) is 43.6 Å². The van der Waals surface area contributed by atoms with Crippen molar-refractivity contribution in [3.63, 3.8) is 0 Å². The Morgan fingerprint density at radius 3 is 1.71 bits per heavy atom. The Hall–Kier alpha value is -1.44. The quantitative estimate of drug-likeness (QED) is 0.476. The Labute approximate surface area is 146 Å². The van der Waals surface area contributed by atoms with Crippen LogP contribution in [0.15, 0.2) is 24.8 Å². The minimum Gasteiger partial charge on any atom is -0.476 e. The first-order valence-corrected chi connectivity index (χ1v) is 7.37. The molecular formula is C11H8I2N4O4. The highest BCUT2D eigenvalue weighted by atomic mass is 127. The second-order valence-corrected chi connectivity index (χ2v) is 5.23. The summed E-state index contributed by atoms with van der Waals surface area (Å²) in [5, 5.41) is 8.46. The van der Waals surface area contributed by atoms with E-state index in [9.17, 15) is 9.59 Å². The highest BCUT2D eigenvalue weighted by Gasteiger charge is 2.11. The van der Waals surface area contributed by atoms with Gasteiger partial charge in [-0.1, -0.05) is 0 Å². The van der Waals surface area contributed by atoms with Gasteiger partial charge in [0.2, 0.25) is 0 Å². The lowest BCUT2D eigenvalue weighted by Crippen LogP contribution is -2.07. The molecule has 21 heavy (non-hydrogen) atoms. The molecule has 2 aromatic heterocycles. The lowest BCUT2D eigenvalue weighted by atomic mass is 10.5. The van der Waals surface area contributed by atoms with Crippen LogP contribution in [0.4, 0.5) is 0 Å². The largest absolute Gasteiger partial charge is 0.476 e. The molecule has 0 amide bonds. The molecule has 0 atom stereocenters. The first-order valence-electron chi connectivity index (χ1n) is 5.22. The van der Waals surface area contributed by atoms with E-state index in [2.05, 4.69) is 24.7 Å². The van der Waals surface area contributed by atoms with E-state index < -0.39 is 11.9 Å². The number of carboxylic acids is 1. The second kappa shape index (κ2) is 8.76. The van der Waals surface area contributed by atoms with Crippen molar-refractivity contribution < 1.29 is 19.4 Å². The molecule has 0 bridgehead atoms. The highest BCUT2D eigenvalue weighted by Crippen LogP contribution is 2.05. The molecule has 2 heterocycles. The van der Waals surface area contributed by atoms with Crippen LogP contribution >= 0.6 is 45.2 Å². The molecule has 110 valence electrons. The molecule has 0 aliphatic carbocycles. The van der Waals surface area contributed by atoms with Crippen LogP contribution in [0.5, 0.6) is 0 Å². The monoisotopic (exact) mass is 514 g/mol. The van der Waals surface area contributed by atoms with Gasteiger partial charge in [-0.05, 0) is 45.2 Å². The fraction of sp³-hybridized carbons (Fsp3) is 0.0909. The summed E-state index contributed by atoms with van der Waals surface area (Å²) in [5.74, 6) is -1.50. The van der Waals surface area contributed by atoms with E-state index >= 15 is 0 Å². The number of halogens is 2. The zero-order valence-corrected chi connectivity index (χ0v) is 14.8. The third-order valence-electron chi connectivity index (χ3n) is 1.89. The van der Waals surface area contributed by atoms with Crippen LogP contribution in [0.3, 0.4) is 0 Å². The number of ether oxygens (including phenoxy) is 1. The number of nitrogens with zero attached hydrogens (tertiary/aromatic N) is 4. The first-order chi connectivity index (χ1) is 9.97. The fourth-order valence-corrected chi connectivity index (χ4v) is 2.07. The summed E-state index contributed by atoms with van der Waals surface area (Å²) in [6.45, 7) is 0. The Morgan fingerprint density at radius 2 is 1.38 bits per heavy atom. The van der Waals surface area contributed by atoms with Gasteiger partial charge in [0.1, 0.15) is 7.40 Å². The number of carbonyl (C=O) groups excluding carboxylic acids is 1. The van der Waals surface area contributed by atoms with E-state index in [0.29, 0.717) is 7.40 Å². The van der Waals surface area contributed by atoms with Crippen LogP contribution < -0.4 is 0 Å². The van der Waals surface area contributed by atoms with Crippen molar-refractivity contribution in [3.8, 4) is 0 Å². The fourth-order valence-electron chi connectivity index (χ4n) is 1.02. The van der Waals surface area contributed by atoms with Gasteiger partial charge in [-0.3, -0.25) is 0 Å². The van der Waals surface area contributed by atoms with Crippen molar-refractivity contribution >= 4 is 57.1 Å². The molecular weight excluding hydrogens is 506 g/mol. The predicted octanol–water partition coefficient (Wildman–Crippen LogP) is 1.65. The molecule has 0 spiro atoms.